The maximum Gasteiger partial charge on any atom is 0.307 e. The van der Waals surface area contributed by atoms with Crippen LogP contribution in [0.1, 0.15) is 44.2 Å². The van der Waals surface area contributed by atoms with E-state index in [-0.39, 0.29) is 31.3 Å². The van der Waals surface area contributed by atoms with Crippen molar-refractivity contribution in [1.82, 2.24) is 9.80 Å². The van der Waals surface area contributed by atoms with Crippen LogP contribution in [0.4, 0.5) is 0 Å². The van der Waals surface area contributed by atoms with Crippen molar-refractivity contribution >= 4 is 17.8 Å². The Morgan fingerprint density at radius 2 is 1.02 bits per heavy atom. The van der Waals surface area contributed by atoms with Crippen LogP contribution in [0.2, 0.25) is 0 Å². The summed E-state index contributed by atoms with van der Waals surface area (Å²) in [5, 5.41) is 19.9. The fourth-order valence-corrected chi connectivity index (χ4v) is 6.69. The fourth-order valence-electron chi connectivity index (χ4n) is 6.69. The van der Waals surface area contributed by atoms with Crippen molar-refractivity contribution in [3.8, 4) is 29.1 Å². The minimum atomic E-state index is -1.16. The number of para-hydroxylation sites is 2. The normalized spacial score (nSPS) is 17.9. The third-order valence-electron chi connectivity index (χ3n) is 9.04. The van der Waals surface area contributed by atoms with Crippen LogP contribution in [0.3, 0.4) is 0 Å². The molecule has 0 radical (unpaired) electrons. The molecule has 0 aromatic heterocycles. The molecule has 1 saturated carbocycles. The van der Waals surface area contributed by atoms with E-state index >= 15 is 0 Å². The second kappa shape index (κ2) is 17.2. The molecule has 0 aliphatic heterocycles. The molecule has 4 atom stereocenters. The summed E-state index contributed by atoms with van der Waals surface area (Å²) in [6, 6.07) is 35.8. The summed E-state index contributed by atoms with van der Waals surface area (Å²) in [6.45, 7) is 5.26. The number of hydrogen-bond acceptors (Lipinski definition) is 6. The Hall–Kier alpha value is -5.62. The van der Waals surface area contributed by atoms with Crippen LogP contribution in [0.25, 0.3) is 0 Å². The molecule has 1 N–H and O–H groups in total. The summed E-state index contributed by atoms with van der Waals surface area (Å²) in [7, 11) is 0. The van der Waals surface area contributed by atoms with E-state index < -0.39 is 29.6 Å². The number of amides is 2. The minimum Gasteiger partial charge on any atom is -0.481 e. The second-order valence-corrected chi connectivity index (χ2v) is 12.6. The summed E-state index contributed by atoms with van der Waals surface area (Å²) in [4.78, 5) is 44.6. The molecule has 4 aromatic rings. The van der Waals surface area contributed by atoms with Gasteiger partial charge in [0.15, 0.2) is 0 Å². The van der Waals surface area contributed by atoms with Gasteiger partial charge < -0.3 is 24.4 Å². The second-order valence-electron chi connectivity index (χ2n) is 12.6. The van der Waals surface area contributed by atoms with Crippen molar-refractivity contribution in [3.05, 3.63) is 120 Å². The third-order valence-corrected chi connectivity index (χ3v) is 9.04. The Bertz CT molecular complexity index is 1760. The van der Waals surface area contributed by atoms with Crippen molar-refractivity contribution in [3.63, 3.8) is 0 Å². The number of carbonyl (C=O) groups excluding carboxylic acids is 2. The predicted molar refractivity (Wildman–Crippen MR) is 189 cm³/mol. The number of carboxylic acids is 1. The maximum absolute atomic E-state index is 14.3. The van der Waals surface area contributed by atoms with Gasteiger partial charge >= 0.3 is 5.97 Å². The standard InChI is InChI=1S/C41H43N3O6/c1-3-25-43(27-29-15-19-33(20-16-29)49-31-11-7-5-8-12-31)39(45)36-35(23-24-42)37(41(47)48)38(36)40(46)44(26-4-2)28-30-17-21-34(22-18-30)50-32-13-9-6-10-14-32/h5-22,35-38H,3-4,23,25-28H2,1-2H3,(H,47,48). The van der Waals surface area contributed by atoms with Gasteiger partial charge in [0.25, 0.3) is 0 Å². The molecule has 1 aliphatic carbocycles. The lowest BCUT2D eigenvalue weighted by Gasteiger charge is -2.50. The number of ether oxygens (including phenoxy) is 2. The zero-order chi connectivity index (χ0) is 35.5. The van der Waals surface area contributed by atoms with Gasteiger partial charge in [-0.1, -0.05) is 74.5 Å². The van der Waals surface area contributed by atoms with Gasteiger partial charge in [-0.2, -0.15) is 5.26 Å². The number of aliphatic carboxylic acids is 1. The van der Waals surface area contributed by atoms with Gasteiger partial charge in [-0.25, -0.2) is 0 Å². The summed E-state index contributed by atoms with van der Waals surface area (Å²) in [5.74, 6) is -3.00. The summed E-state index contributed by atoms with van der Waals surface area (Å²) in [6.07, 6.45) is 1.19. The molecule has 2 amide bonds. The lowest BCUT2D eigenvalue weighted by Crippen LogP contribution is -2.62. The van der Waals surface area contributed by atoms with Crippen LogP contribution in [-0.2, 0) is 27.5 Å². The number of carboxylic acid groups (broad SMARTS) is 1. The number of nitriles is 1. The number of hydrogen-bond donors (Lipinski definition) is 1. The Morgan fingerprint density at radius 1 is 0.620 bits per heavy atom. The first-order valence-electron chi connectivity index (χ1n) is 17.1. The SMILES string of the molecule is CCCN(Cc1ccc(Oc2ccccc2)cc1)C(=O)C1C(CC#N)C(C(=O)O)C1C(=O)N(CCC)Cc1ccc(Oc2ccccc2)cc1. The van der Waals surface area contributed by atoms with Gasteiger partial charge in [0, 0.05) is 32.6 Å². The number of benzene rings is 4. The van der Waals surface area contributed by atoms with Crippen LogP contribution in [0.15, 0.2) is 109 Å². The number of carbonyl (C=O) groups is 3. The molecule has 4 unspecified atom stereocenters. The van der Waals surface area contributed by atoms with Crippen molar-refractivity contribution < 1.29 is 29.0 Å². The molecule has 9 heteroatoms. The summed E-state index contributed by atoms with van der Waals surface area (Å²) in [5.41, 5.74) is 1.72. The first-order valence-corrected chi connectivity index (χ1v) is 17.1. The van der Waals surface area contributed by atoms with Crippen LogP contribution in [0.5, 0.6) is 23.0 Å². The molecule has 1 aliphatic rings. The molecule has 9 nitrogen and oxygen atoms in total. The van der Waals surface area contributed by atoms with E-state index in [0.29, 0.717) is 48.9 Å². The van der Waals surface area contributed by atoms with E-state index in [1.54, 1.807) is 9.80 Å². The number of rotatable bonds is 16. The van der Waals surface area contributed by atoms with E-state index in [0.717, 1.165) is 11.1 Å². The molecule has 4 aromatic carbocycles. The van der Waals surface area contributed by atoms with Crippen molar-refractivity contribution in [2.24, 2.45) is 23.7 Å². The molecule has 50 heavy (non-hydrogen) atoms. The number of nitrogens with zero attached hydrogens (tertiary/aromatic N) is 3. The average Bonchev–Trinajstić information content (AvgIpc) is 3.11. The lowest BCUT2D eigenvalue weighted by molar-refractivity contribution is -0.178. The van der Waals surface area contributed by atoms with E-state index in [1.807, 2.05) is 123 Å². The summed E-state index contributed by atoms with van der Waals surface area (Å²) < 4.78 is 11.8. The quantitative estimate of drug-likeness (QED) is 0.128. The molecule has 5 rings (SSSR count). The first kappa shape index (κ1) is 35.7. The Labute approximate surface area is 293 Å². The first-order chi connectivity index (χ1) is 24.3. The monoisotopic (exact) mass is 673 g/mol. The van der Waals surface area contributed by atoms with Gasteiger partial charge in [0.05, 0.1) is 23.8 Å². The molecule has 0 bridgehead atoms. The van der Waals surface area contributed by atoms with Crippen molar-refractivity contribution in [2.45, 2.75) is 46.2 Å². The van der Waals surface area contributed by atoms with Crippen LogP contribution < -0.4 is 9.47 Å². The fraction of sp³-hybridized carbons (Fsp3) is 0.317. The van der Waals surface area contributed by atoms with Gasteiger partial charge in [0.1, 0.15) is 23.0 Å². The van der Waals surface area contributed by atoms with Crippen LogP contribution in [0, 0.1) is 35.0 Å². The average molecular weight is 674 g/mol. The molecule has 1 fully saturated rings. The highest BCUT2D eigenvalue weighted by Crippen LogP contribution is 2.50. The Kier molecular flexibility index (Phi) is 12.2. The third kappa shape index (κ3) is 8.69. The molecule has 0 spiro atoms. The van der Waals surface area contributed by atoms with E-state index in [2.05, 4.69) is 6.07 Å². The molecular weight excluding hydrogens is 630 g/mol. The van der Waals surface area contributed by atoms with Crippen molar-refractivity contribution in [2.75, 3.05) is 13.1 Å². The van der Waals surface area contributed by atoms with Gasteiger partial charge in [0.2, 0.25) is 11.8 Å². The molecule has 258 valence electrons. The zero-order valence-corrected chi connectivity index (χ0v) is 28.5. The molecular formula is C41H43N3O6. The lowest BCUT2D eigenvalue weighted by atomic mass is 9.54. The van der Waals surface area contributed by atoms with E-state index in [9.17, 15) is 24.8 Å². The van der Waals surface area contributed by atoms with Crippen LogP contribution >= 0.6 is 0 Å². The topological polar surface area (TPSA) is 120 Å². The Balaban J connectivity index is 1.34. The zero-order valence-electron chi connectivity index (χ0n) is 28.5. The van der Waals surface area contributed by atoms with Crippen molar-refractivity contribution in [1.29, 1.82) is 5.26 Å². The van der Waals surface area contributed by atoms with Gasteiger partial charge in [-0.3, -0.25) is 14.4 Å². The summed E-state index contributed by atoms with van der Waals surface area (Å²) >= 11 is 0. The highest BCUT2D eigenvalue weighted by molar-refractivity contribution is 5.95. The Morgan fingerprint density at radius 3 is 1.40 bits per heavy atom. The maximum atomic E-state index is 14.3. The highest BCUT2D eigenvalue weighted by Gasteiger charge is 2.61. The predicted octanol–water partition coefficient (Wildman–Crippen LogP) is 7.93. The minimum absolute atomic E-state index is 0.126. The van der Waals surface area contributed by atoms with E-state index in [4.69, 9.17) is 9.47 Å². The van der Waals surface area contributed by atoms with E-state index in [1.165, 1.54) is 0 Å². The highest BCUT2D eigenvalue weighted by atomic mass is 16.5. The molecule has 0 heterocycles. The van der Waals surface area contributed by atoms with Gasteiger partial charge in [-0.15, -0.1) is 0 Å². The van der Waals surface area contributed by atoms with Crippen LogP contribution in [-0.4, -0.2) is 45.8 Å². The van der Waals surface area contributed by atoms with Gasteiger partial charge in [-0.05, 0) is 78.4 Å². The largest absolute Gasteiger partial charge is 0.481 e. The molecule has 0 saturated heterocycles. The smallest absolute Gasteiger partial charge is 0.307 e.